The van der Waals surface area contributed by atoms with Crippen molar-refractivity contribution in [1.82, 2.24) is 4.98 Å². The predicted molar refractivity (Wildman–Crippen MR) is 75.9 cm³/mol. The van der Waals surface area contributed by atoms with Crippen LogP contribution in [0.5, 0.6) is 0 Å². The third-order valence-corrected chi connectivity index (χ3v) is 3.77. The number of pyridine rings is 1. The fourth-order valence-corrected chi connectivity index (χ4v) is 2.59. The first-order valence-electron chi connectivity index (χ1n) is 6.85. The first-order valence-corrected chi connectivity index (χ1v) is 6.85. The Hall–Kier alpha value is -2.22. The molecular formula is C13H18N4O4. The van der Waals surface area contributed by atoms with Crippen LogP contribution in [0.2, 0.25) is 0 Å². The van der Waals surface area contributed by atoms with Gasteiger partial charge in [0.25, 0.3) is 11.6 Å². The van der Waals surface area contributed by atoms with E-state index in [0.29, 0.717) is 0 Å². The first kappa shape index (κ1) is 15.2. The van der Waals surface area contributed by atoms with Crippen LogP contribution in [-0.4, -0.2) is 33.6 Å². The van der Waals surface area contributed by atoms with E-state index in [1.54, 1.807) is 0 Å². The average Bonchev–Trinajstić information content (AvgIpc) is 2.98. The molecule has 1 unspecified atom stereocenters. The number of rotatable bonds is 6. The number of amides is 1. The molecule has 1 amide bonds. The van der Waals surface area contributed by atoms with E-state index in [-0.39, 0.29) is 29.5 Å². The normalized spacial score (nSPS) is 16.6. The lowest BCUT2D eigenvalue weighted by molar-refractivity contribution is -0.385. The number of hydrogen-bond acceptors (Lipinski definition) is 6. The molecule has 1 aliphatic carbocycles. The van der Waals surface area contributed by atoms with Crippen molar-refractivity contribution in [3.05, 3.63) is 27.9 Å². The molecule has 1 aromatic heterocycles. The summed E-state index contributed by atoms with van der Waals surface area (Å²) in [5.74, 6) is -0.401. The van der Waals surface area contributed by atoms with Crippen molar-refractivity contribution in [3.63, 3.8) is 0 Å². The zero-order valence-corrected chi connectivity index (χ0v) is 11.5. The zero-order chi connectivity index (χ0) is 15.4. The van der Waals surface area contributed by atoms with Crippen molar-refractivity contribution in [1.29, 1.82) is 0 Å². The molecule has 0 bridgehead atoms. The smallest absolute Gasteiger partial charge is 0.288 e. The highest BCUT2D eigenvalue weighted by Crippen LogP contribution is 2.28. The van der Waals surface area contributed by atoms with E-state index in [4.69, 9.17) is 5.73 Å². The summed E-state index contributed by atoms with van der Waals surface area (Å²) in [7, 11) is 0. The van der Waals surface area contributed by atoms with E-state index in [9.17, 15) is 20.0 Å². The van der Waals surface area contributed by atoms with Crippen molar-refractivity contribution in [2.75, 3.05) is 11.9 Å². The Labute approximate surface area is 121 Å². The van der Waals surface area contributed by atoms with Gasteiger partial charge in [-0.3, -0.25) is 14.9 Å². The molecule has 1 fully saturated rings. The van der Waals surface area contributed by atoms with Gasteiger partial charge in [-0.1, -0.05) is 12.8 Å². The molecule has 2 rings (SSSR count). The summed E-state index contributed by atoms with van der Waals surface area (Å²) in [5, 5.41) is 23.6. The Morgan fingerprint density at radius 1 is 1.57 bits per heavy atom. The van der Waals surface area contributed by atoms with Gasteiger partial charge in [-0.15, -0.1) is 0 Å². The van der Waals surface area contributed by atoms with E-state index >= 15 is 0 Å². The monoisotopic (exact) mass is 294 g/mol. The van der Waals surface area contributed by atoms with Crippen molar-refractivity contribution in [3.8, 4) is 0 Å². The highest BCUT2D eigenvalue weighted by atomic mass is 16.6. The fraction of sp³-hybridized carbons (Fsp3) is 0.538. The minimum absolute atomic E-state index is 0.0529. The highest BCUT2D eigenvalue weighted by molar-refractivity contribution is 5.98. The van der Waals surface area contributed by atoms with Crippen LogP contribution >= 0.6 is 0 Å². The molecule has 4 N–H and O–H groups in total. The van der Waals surface area contributed by atoms with E-state index in [0.717, 1.165) is 37.9 Å². The van der Waals surface area contributed by atoms with Gasteiger partial charge in [0.15, 0.2) is 0 Å². The Balaban J connectivity index is 2.08. The SMILES string of the molecule is NC(=O)c1cc([N+](=O)[O-])cnc1NCC(O)C1CCCC1. The number of aliphatic hydroxyl groups is 1. The van der Waals surface area contributed by atoms with Crippen LogP contribution in [0.4, 0.5) is 11.5 Å². The summed E-state index contributed by atoms with van der Waals surface area (Å²) in [5.41, 5.74) is 4.85. The van der Waals surface area contributed by atoms with Crippen LogP contribution in [0.25, 0.3) is 0 Å². The summed E-state index contributed by atoms with van der Waals surface area (Å²) in [4.78, 5) is 25.2. The maximum Gasteiger partial charge on any atom is 0.288 e. The molecular weight excluding hydrogens is 276 g/mol. The van der Waals surface area contributed by atoms with Crippen LogP contribution in [-0.2, 0) is 0 Å². The van der Waals surface area contributed by atoms with Crippen LogP contribution in [0, 0.1) is 16.0 Å². The number of carbonyl (C=O) groups is 1. The summed E-state index contributed by atoms with van der Waals surface area (Å²) in [6.07, 6.45) is 4.72. The molecule has 8 nitrogen and oxygen atoms in total. The first-order chi connectivity index (χ1) is 9.99. The van der Waals surface area contributed by atoms with Crippen LogP contribution in [0.3, 0.4) is 0 Å². The zero-order valence-electron chi connectivity index (χ0n) is 11.5. The van der Waals surface area contributed by atoms with Gasteiger partial charge in [0.2, 0.25) is 0 Å². The molecule has 8 heteroatoms. The molecule has 114 valence electrons. The third-order valence-electron chi connectivity index (χ3n) is 3.77. The number of hydrogen-bond donors (Lipinski definition) is 3. The highest BCUT2D eigenvalue weighted by Gasteiger charge is 2.24. The second-order valence-electron chi connectivity index (χ2n) is 5.20. The topological polar surface area (TPSA) is 131 Å². The molecule has 0 aromatic carbocycles. The van der Waals surface area contributed by atoms with Gasteiger partial charge in [-0.2, -0.15) is 0 Å². The number of nitrogens with two attached hydrogens (primary N) is 1. The van der Waals surface area contributed by atoms with Gasteiger partial charge in [-0.05, 0) is 18.8 Å². The largest absolute Gasteiger partial charge is 0.391 e. The van der Waals surface area contributed by atoms with Gasteiger partial charge in [0.05, 0.1) is 16.6 Å². The fourth-order valence-electron chi connectivity index (χ4n) is 2.59. The van der Waals surface area contributed by atoms with Crippen LogP contribution < -0.4 is 11.1 Å². The average molecular weight is 294 g/mol. The quantitative estimate of drug-likeness (QED) is 0.531. The van der Waals surface area contributed by atoms with Crippen molar-refractivity contribution in [2.24, 2.45) is 11.7 Å². The Morgan fingerprint density at radius 2 is 2.24 bits per heavy atom. The minimum atomic E-state index is -0.802. The summed E-state index contributed by atoms with van der Waals surface area (Å²) >= 11 is 0. The number of carbonyl (C=O) groups excluding carboxylic acids is 1. The molecule has 1 heterocycles. The lowest BCUT2D eigenvalue weighted by Gasteiger charge is -2.19. The molecule has 1 atom stereocenters. The molecule has 0 radical (unpaired) electrons. The number of nitrogens with one attached hydrogen (secondary N) is 1. The molecule has 21 heavy (non-hydrogen) atoms. The standard InChI is InChI=1S/C13H18N4O4/c14-12(19)10-5-9(17(20)21)6-15-13(10)16-7-11(18)8-3-1-2-4-8/h5-6,8,11,18H,1-4,7H2,(H2,14,19)(H,15,16). The Kier molecular flexibility index (Phi) is 4.69. The van der Waals surface area contributed by atoms with Gasteiger partial charge >= 0.3 is 0 Å². The van der Waals surface area contributed by atoms with E-state index in [2.05, 4.69) is 10.3 Å². The maximum atomic E-state index is 11.4. The molecule has 0 saturated heterocycles. The Morgan fingerprint density at radius 3 is 2.81 bits per heavy atom. The number of nitrogens with zero attached hydrogens (tertiary/aromatic N) is 2. The summed E-state index contributed by atoms with van der Waals surface area (Å²) in [6.45, 7) is 0.232. The maximum absolute atomic E-state index is 11.4. The predicted octanol–water partition coefficient (Wildman–Crippen LogP) is 1.05. The van der Waals surface area contributed by atoms with Crippen LogP contribution in [0.15, 0.2) is 12.3 Å². The van der Waals surface area contributed by atoms with E-state index in [1.165, 1.54) is 0 Å². The second-order valence-corrected chi connectivity index (χ2v) is 5.20. The molecule has 1 saturated carbocycles. The number of primary amides is 1. The Bertz CT molecular complexity index is 543. The second kappa shape index (κ2) is 6.49. The van der Waals surface area contributed by atoms with E-state index in [1.807, 2.05) is 0 Å². The van der Waals surface area contributed by atoms with Gasteiger partial charge < -0.3 is 16.2 Å². The molecule has 1 aromatic rings. The summed E-state index contributed by atoms with van der Waals surface area (Å²) in [6, 6.07) is 1.08. The van der Waals surface area contributed by atoms with Crippen molar-refractivity contribution < 1.29 is 14.8 Å². The van der Waals surface area contributed by atoms with Crippen LogP contribution in [0.1, 0.15) is 36.0 Å². The van der Waals surface area contributed by atoms with Gasteiger partial charge in [0.1, 0.15) is 12.0 Å². The van der Waals surface area contributed by atoms with Gasteiger partial charge in [-0.25, -0.2) is 4.98 Å². The lowest BCUT2D eigenvalue weighted by Crippen LogP contribution is -2.28. The molecule has 0 spiro atoms. The van der Waals surface area contributed by atoms with Gasteiger partial charge in [0, 0.05) is 12.6 Å². The van der Waals surface area contributed by atoms with Crippen molar-refractivity contribution >= 4 is 17.4 Å². The minimum Gasteiger partial charge on any atom is -0.391 e. The van der Waals surface area contributed by atoms with E-state index < -0.39 is 16.9 Å². The molecule has 1 aliphatic rings. The molecule has 0 aliphatic heterocycles. The summed E-state index contributed by atoms with van der Waals surface area (Å²) < 4.78 is 0. The number of nitro groups is 1. The number of anilines is 1. The number of aliphatic hydroxyl groups excluding tert-OH is 1. The number of aromatic nitrogens is 1. The lowest BCUT2D eigenvalue weighted by atomic mass is 10.0. The van der Waals surface area contributed by atoms with Crippen molar-refractivity contribution in [2.45, 2.75) is 31.8 Å². The third kappa shape index (κ3) is 3.66.